The number of aryl methyl sites for hydroxylation is 1. The molecule has 2 aromatic rings. The van der Waals surface area contributed by atoms with Gasteiger partial charge in [0.05, 0.1) is 13.1 Å². The molecule has 7 heteroatoms. The second kappa shape index (κ2) is 8.03. The van der Waals surface area contributed by atoms with E-state index in [1.165, 1.54) is 6.33 Å². The molecular formula is C19H25N5O2. The van der Waals surface area contributed by atoms with Crippen LogP contribution in [-0.2, 0) is 4.79 Å². The predicted octanol–water partition coefficient (Wildman–Crippen LogP) is 1.94. The maximum Gasteiger partial charge on any atom is 0.241 e. The molecule has 0 aliphatic carbocycles. The van der Waals surface area contributed by atoms with Gasteiger partial charge in [-0.25, -0.2) is 9.97 Å². The van der Waals surface area contributed by atoms with E-state index in [2.05, 4.69) is 15.3 Å². The number of para-hydroxylation sites is 1. The SMILES string of the molecule is Cc1ccccc1OC(C)CNc1cc(N2CCN(C)C(=O)C2)ncn1. The van der Waals surface area contributed by atoms with Crippen LogP contribution in [0.1, 0.15) is 12.5 Å². The Morgan fingerprint density at radius 3 is 2.85 bits per heavy atom. The summed E-state index contributed by atoms with van der Waals surface area (Å²) in [6, 6.07) is 9.84. The number of piperazine rings is 1. The van der Waals surface area contributed by atoms with Crippen LogP contribution >= 0.6 is 0 Å². The zero-order valence-corrected chi connectivity index (χ0v) is 15.5. The third kappa shape index (κ3) is 4.41. The van der Waals surface area contributed by atoms with Crippen LogP contribution in [0.15, 0.2) is 36.7 Å². The molecule has 7 nitrogen and oxygen atoms in total. The molecule has 1 aromatic heterocycles. The maximum atomic E-state index is 11.9. The van der Waals surface area contributed by atoms with Gasteiger partial charge in [-0.1, -0.05) is 18.2 Å². The highest BCUT2D eigenvalue weighted by Gasteiger charge is 2.22. The number of benzene rings is 1. The summed E-state index contributed by atoms with van der Waals surface area (Å²) in [7, 11) is 1.82. The van der Waals surface area contributed by atoms with E-state index in [0.29, 0.717) is 19.6 Å². The molecule has 138 valence electrons. The first-order valence-corrected chi connectivity index (χ1v) is 8.80. The number of carbonyl (C=O) groups excluding carboxylic acids is 1. The van der Waals surface area contributed by atoms with Crippen LogP contribution < -0.4 is 15.0 Å². The third-order valence-electron chi connectivity index (χ3n) is 4.43. The summed E-state index contributed by atoms with van der Waals surface area (Å²) in [5, 5.41) is 3.29. The van der Waals surface area contributed by atoms with Crippen molar-refractivity contribution >= 4 is 17.5 Å². The number of ether oxygens (including phenoxy) is 1. The summed E-state index contributed by atoms with van der Waals surface area (Å²) < 4.78 is 5.97. The highest BCUT2D eigenvalue weighted by molar-refractivity contribution is 5.82. The van der Waals surface area contributed by atoms with Gasteiger partial charge >= 0.3 is 0 Å². The van der Waals surface area contributed by atoms with Crippen molar-refractivity contribution in [3.05, 3.63) is 42.2 Å². The van der Waals surface area contributed by atoms with Gasteiger partial charge in [0.1, 0.15) is 29.8 Å². The first kappa shape index (κ1) is 18.0. The Hall–Kier alpha value is -2.83. The Morgan fingerprint density at radius 1 is 1.27 bits per heavy atom. The molecule has 0 radical (unpaired) electrons. The normalized spacial score (nSPS) is 15.7. The number of amides is 1. The summed E-state index contributed by atoms with van der Waals surface area (Å²) in [5.41, 5.74) is 1.11. The van der Waals surface area contributed by atoms with Crippen molar-refractivity contribution in [3.63, 3.8) is 0 Å². The minimum Gasteiger partial charge on any atom is -0.489 e. The molecule has 1 aliphatic rings. The zero-order valence-electron chi connectivity index (χ0n) is 15.5. The van der Waals surface area contributed by atoms with Crippen LogP contribution in [0.2, 0.25) is 0 Å². The molecule has 1 saturated heterocycles. The van der Waals surface area contributed by atoms with Crippen molar-refractivity contribution in [3.8, 4) is 5.75 Å². The van der Waals surface area contributed by atoms with Gasteiger partial charge in [0.25, 0.3) is 0 Å². The van der Waals surface area contributed by atoms with Gasteiger partial charge in [0.2, 0.25) is 5.91 Å². The Labute approximate surface area is 154 Å². The lowest BCUT2D eigenvalue weighted by atomic mass is 10.2. The van der Waals surface area contributed by atoms with E-state index in [0.717, 1.165) is 29.5 Å². The molecule has 1 atom stereocenters. The number of hydrogen-bond donors (Lipinski definition) is 1. The van der Waals surface area contributed by atoms with Gasteiger partial charge in [-0.3, -0.25) is 4.79 Å². The number of rotatable bonds is 6. The number of nitrogens with one attached hydrogen (secondary N) is 1. The van der Waals surface area contributed by atoms with Crippen LogP contribution in [0, 0.1) is 6.92 Å². The molecule has 1 unspecified atom stereocenters. The van der Waals surface area contributed by atoms with Crippen LogP contribution in [0.3, 0.4) is 0 Å². The standard InChI is InChI=1S/C19H25N5O2/c1-14-6-4-5-7-16(14)26-15(2)11-20-17-10-18(22-13-21-17)24-9-8-23(3)19(25)12-24/h4-7,10,13,15H,8-9,11-12H2,1-3H3,(H,20,21,22). The fourth-order valence-corrected chi connectivity index (χ4v) is 2.77. The maximum absolute atomic E-state index is 11.9. The Kier molecular flexibility index (Phi) is 5.55. The van der Waals surface area contributed by atoms with Gasteiger partial charge in [-0.15, -0.1) is 0 Å². The van der Waals surface area contributed by atoms with E-state index >= 15 is 0 Å². The van der Waals surface area contributed by atoms with Gasteiger partial charge in [0.15, 0.2) is 0 Å². The van der Waals surface area contributed by atoms with Crippen molar-refractivity contribution in [1.82, 2.24) is 14.9 Å². The lowest BCUT2D eigenvalue weighted by Gasteiger charge is -2.32. The van der Waals surface area contributed by atoms with Gasteiger partial charge in [-0.2, -0.15) is 0 Å². The van der Waals surface area contributed by atoms with E-state index in [9.17, 15) is 4.79 Å². The van der Waals surface area contributed by atoms with Gasteiger partial charge in [-0.05, 0) is 25.5 Å². The molecule has 0 bridgehead atoms. The van der Waals surface area contributed by atoms with Crippen molar-refractivity contribution < 1.29 is 9.53 Å². The smallest absolute Gasteiger partial charge is 0.241 e. The van der Waals surface area contributed by atoms with Crippen LogP contribution in [0.5, 0.6) is 5.75 Å². The lowest BCUT2D eigenvalue weighted by molar-refractivity contribution is -0.129. The summed E-state index contributed by atoms with van der Waals surface area (Å²) in [4.78, 5) is 24.2. The molecular weight excluding hydrogens is 330 g/mol. The van der Waals surface area contributed by atoms with Gasteiger partial charge in [0, 0.05) is 26.2 Å². The molecule has 2 heterocycles. The fraction of sp³-hybridized carbons (Fsp3) is 0.421. The van der Waals surface area contributed by atoms with Crippen LogP contribution in [0.4, 0.5) is 11.6 Å². The summed E-state index contributed by atoms with van der Waals surface area (Å²) >= 11 is 0. The molecule has 0 saturated carbocycles. The fourth-order valence-electron chi connectivity index (χ4n) is 2.77. The third-order valence-corrected chi connectivity index (χ3v) is 4.43. The number of nitrogens with zero attached hydrogens (tertiary/aromatic N) is 4. The van der Waals surface area contributed by atoms with E-state index in [4.69, 9.17) is 4.74 Å². The molecule has 3 rings (SSSR count). The van der Waals surface area contributed by atoms with Crippen LogP contribution in [-0.4, -0.2) is 60.1 Å². The largest absolute Gasteiger partial charge is 0.489 e. The highest BCUT2D eigenvalue weighted by Crippen LogP contribution is 2.19. The number of anilines is 2. The Balaban J connectivity index is 1.57. The average molecular weight is 355 g/mol. The molecule has 1 amide bonds. The number of carbonyl (C=O) groups is 1. The van der Waals surface area contributed by atoms with Crippen molar-refractivity contribution in [1.29, 1.82) is 0 Å². The Morgan fingerprint density at radius 2 is 2.08 bits per heavy atom. The average Bonchev–Trinajstić information content (AvgIpc) is 2.64. The van der Waals surface area contributed by atoms with Crippen LogP contribution in [0.25, 0.3) is 0 Å². The molecule has 0 spiro atoms. The van der Waals surface area contributed by atoms with Gasteiger partial charge < -0.3 is 19.9 Å². The van der Waals surface area contributed by atoms with Crippen molar-refractivity contribution in [2.45, 2.75) is 20.0 Å². The highest BCUT2D eigenvalue weighted by atomic mass is 16.5. The summed E-state index contributed by atoms with van der Waals surface area (Å²) in [5.74, 6) is 2.48. The first-order valence-electron chi connectivity index (χ1n) is 8.80. The second-order valence-corrected chi connectivity index (χ2v) is 6.57. The summed E-state index contributed by atoms with van der Waals surface area (Å²) in [6.07, 6.45) is 1.51. The molecule has 1 N–H and O–H groups in total. The molecule has 26 heavy (non-hydrogen) atoms. The second-order valence-electron chi connectivity index (χ2n) is 6.57. The minimum absolute atomic E-state index is 0.0141. The molecule has 1 aromatic carbocycles. The Bertz CT molecular complexity index is 767. The first-order chi connectivity index (χ1) is 12.5. The number of likely N-dealkylation sites (N-methyl/N-ethyl adjacent to an activating group) is 1. The van der Waals surface area contributed by atoms with E-state index in [1.54, 1.807) is 4.90 Å². The number of hydrogen-bond acceptors (Lipinski definition) is 6. The lowest BCUT2D eigenvalue weighted by Crippen LogP contribution is -2.48. The minimum atomic E-state index is -0.0141. The van der Waals surface area contributed by atoms with E-state index in [-0.39, 0.29) is 12.0 Å². The quantitative estimate of drug-likeness (QED) is 0.854. The monoisotopic (exact) mass is 355 g/mol. The molecule has 1 fully saturated rings. The zero-order chi connectivity index (χ0) is 18.5. The van der Waals surface area contributed by atoms with E-state index < -0.39 is 0 Å². The number of aromatic nitrogens is 2. The predicted molar refractivity (Wildman–Crippen MR) is 102 cm³/mol. The summed E-state index contributed by atoms with van der Waals surface area (Å²) in [6.45, 7) is 6.48. The van der Waals surface area contributed by atoms with Crippen molar-refractivity contribution in [2.24, 2.45) is 0 Å². The topological polar surface area (TPSA) is 70.6 Å². The van der Waals surface area contributed by atoms with Crippen molar-refractivity contribution in [2.75, 3.05) is 43.4 Å². The molecule has 1 aliphatic heterocycles. The van der Waals surface area contributed by atoms with E-state index in [1.807, 2.05) is 56.1 Å².